The van der Waals surface area contributed by atoms with Gasteiger partial charge < -0.3 is 5.73 Å². The lowest BCUT2D eigenvalue weighted by Gasteiger charge is -2.07. The molecule has 2 aromatic rings. The molecule has 5 nitrogen and oxygen atoms in total. The van der Waals surface area contributed by atoms with E-state index in [0.717, 1.165) is 5.69 Å². The van der Waals surface area contributed by atoms with Crippen molar-refractivity contribution in [2.45, 2.75) is 11.8 Å². The van der Waals surface area contributed by atoms with E-state index in [9.17, 15) is 8.42 Å². The van der Waals surface area contributed by atoms with Gasteiger partial charge in [0.25, 0.3) is 10.0 Å². The van der Waals surface area contributed by atoms with Gasteiger partial charge in [-0.05, 0) is 25.1 Å². The number of hydrogen-bond donors (Lipinski definition) is 2. The molecule has 0 bridgehead atoms. The molecule has 0 radical (unpaired) electrons. The molecule has 18 heavy (non-hydrogen) atoms. The van der Waals surface area contributed by atoms with Crippen molar-refractivity contribution in [3.63, 3.8) is 0 Å². The van der Waals surface area contributed by atoms with Gasteiger partial charge in [0, 0.05) is 10.4 Å². The Morgan fingerprint density at radius 2 is 2.17 bits per heavy atom. The molecular weight excluding hydrogens is 294 g/mol. The van der Waals surface area contributed by atoms with Crippen LogP contribution in [0.15, 0.2) is 28.5 Å². The first-order valence-electron chi connectivity index (χ1n) is 4.88. The van der Waals surface area contributed by atoms with Crippen molar-refractivity contribution in [1.82, 2.24) is 4.98 Å². The summed E-state index contributed by atoms with van der Waals surface area (Å²) in [6, 6.07) is 4.23. The molecule has 0 aliphatic heterocycles. The van der Waals surface area contributed by atoms with Crippen LogP contribution in [-0.4, -0.2) is 13.4 Å². The Bertz CT molecular complexity index is 682. The molecule has 1 aromatic carbocycles. The normalized spacial score (nSPS) is 11.4. The van der Waals surface area contributed by atoms with Crippen molar-refractivity contribution in [2.24, 2.45) is 0 Å². The lowest BCUT2D eigenvalue weighted by Crippen LogP contribution is -2.14. The summed E-state index contributed by atoms with van der Waals surface area (Å²) >= 11 is 6.94. The summed E-state index contributed by atoms with van der Waals surface area (Å²) in [5.74, 6) is 0. The third kappa shape index (κ3) is 2.74. The van der Waals surface area contributed by atoms with Gasteiger partial charge in [0.05, 0.1) is 11.4 Å². The maximum atomic E-state index is 12.1. The van der Waals surface area contributed by atoms with Gasteiger partial charge in [-0.3, -0.25) is 4.72 Å². The zero-order valence-corrected chi connectivity index (χ0v) is 11.7. The number of nitrogens with one attached hydrogen (secondary N) is 1. The van der Waals surface area contributed by atoms with Crippen molar-refractivity contribution < 1.29 is 8.42 Å². The van der Waals surface area contributed by atoms with Crippen molar-refractivity contribution in [3.05, 3.63) is 34.3 Å². The Hall–Kier alpha value is -1.31. The fourth-order valence-electron chi connectivity index (χ4n) is 1.33. The number of thiazole rings is 1. The van der Waals surface area contributed by atoms with Gasteiger partial charge in [0.2, 0.25) is 0 Å². The molecule has 1 aromatic heterocycles. The quantitative estimate of drug-likeness (QED) is 0.853. The van der Waals surface area contributed by atoms with Crippen LogP contribution < -0.4 is 10.5 Å². The van der Waals surface area contributed by atoms with E-state index in [1.165, 1.54) is 29.5 Å². The largest absolute Gasteiger partial charge is 0.398 e. The van der Waals surface area contributed by atoms with Crippen LogP contribution in [0.4, 0.5) is 10.8 Å². The highest BCUT2D eigenvalue weighted by Crippen LogP contribution is 2.25. The topological polar surface area (TPSA) is 85.1 Å². The number of anilines is 2. The van der Waals surface area contributed by atoms with Crippen molar-refractivity contribution >= 4 is 43.8 Å². The molecule has 2 rings (SSSR count). The van der Waals surface area contributed by atoms with Crippen molar-refractivity contribution in [3.8, 4) is 0 Å². The molecule has 0 spiro atoms. The number of nitrogens with two attached hydrogens (primary N) is 1. The summed E-state index contributed by atoms with van der Waals surface area (Å²) in [5, 5.41) is 2.45. The van der Waals surface area contributed by atoms with Gasteiger partial charge in [-0.1, -0.05) is 11.6 Å². The standard InChI is InChI=1S/C10H10ClN3O2S2/c1-6-5-17-10(13-6)14-18(15,16)9-3-2-7(11)4-8(9)12/h2-5H,12H2,1H3,(H,13,14). The van der Waals surface area contributed by atoms with Gasteiger partial charge in [0.1, 0.15) is 4.90 Å². The summed E-state index contributed by atoms with van der Waals surface area (Å²) in [7, 11) is -3.73. The zero-order valence-electron chi connectivity index (χ0n) is 9.34. The summed E-state index contributed by atoms with van der Waals surface area (Å²) in [6.45, 7) is 1.78. The molecule has 1 heterocycles. The third-order valence-electron chi connectivity index (χ3n) is 2.10. The average molecular weight is 304 g/mol. The molecule has 0 amide bonds. The van der Waals surface area contributed by atoms with Crippen LogP contribution in [0, 0.1) is 6.92 Å². The van der Waals surface area contributed by atoms with Crippen LogP contribution in [0.1, 0.15) is 5.69 Å². The minimum atomic E-state index is -3.73. The number of aromatic nitrogens is 1. The molecular formula is C10H10ClN3O2S2. The minimum absolute atomic E-state index is 0.0141. The number of aryl methyl sites for hydroxylation is 1. The van der Waals surface area contributed by atoms with Crippen LogP contribution in [-0.2, 0) is 10.0 Å². The first kappa shape index (κ1) is 13.1. The van der Waals surface area contributed by atoms with E-state index in [-0.39, 0.29) is 10.6 Å². The molecule has 3 N–H and O–H groups in total. The van der Waals surface area contributed by atoms with E-state index in [2.05, 4.69) is 9.71 Å². The molecule has 0 aliphatic rings. The van der Waals surface area contributed by atoms with Gasteiger partial charge in [-0.25, -0.2) is 13.4 Å². The van der Waals surface area contributed by atoms with Gasteiger partial charge in [-0.2, -0.15) is 0 Å². The van der Waals surface area contributed by atoms with Crippen LogP contribution in [0.2, 0.25) is 5.02 Å². The molecule has 0 saturated carbocycles. The lowest BCUT2D eigenvalue weighted by molar-refractivity contribution is 0.601. The van der Waals surface area contributed by atoms with Gasteiger partial charge in [0.15, 0.2) is 5.13 Å². The fraction of sp³-hybridized carbons (Fsp3) is 0.100. The summed E-state index contributed by atoms with van der Waals surface area (Å²) in [4.78, 5) is 4.02. The molecule has 96 valence electrons. The maximum Gasteiger partial charge on any atom is 0.265 e. The van der Waals surface area contributed by atoms with Crippen LogP contribution in [0.25, 0.3) is 0 Å². The summed E-state index contributed by atoms with van der Waals surface area (Å²) < 4.78 is 26.5. The van der Waals surface area contributed by atoms with Crippen molar-refractivity contribution in [2.75, 3.05) is 10.5 Å². The molecule has 0 unspecified atom stereocenters. The first-order valence-corrected chi connectivity index (χ1v) is 7.62. The Kier molecular flexibility index (Phi) is 3.47. The third-order valence-corrected chi connectivity index (χ3v) is 4.75. The van der Waals surface area contributed by atoms with E-state index in [1.807, 2.05) is 0 Å². The Morgan fingerprint density at radius 3 is 2.72 bits per heavy atom. The number of nitrogens with zero attached hydrogens (tertiary/aromatic N) is 1. The van der Waals surface area contributed by atoms with Gasteiger partial charge in [-0.15, -0.1) is 11.3 Å². The highest BCUT2D eigenvalue weighted by Gasteiger charge is 2.18. The van der Waals surface area contributed by atoms with Crippen LogP contribution in [0.3, 0.4) is 0 Å². The van der Waals surface area contributed by atoms with Crippen molar-refractivity contribution in [1.29, 1.82) is 0 Å². The zero-order chi connectivity index (χ0) is 13.3. The van der Waals surface area contributed by atoms with Gasteiger partial charge >= 0.3 is 0 Å². The number of sulfonamides is 1. The Morgan fingerprint density at radius 1 is 1.44 bits per heavy atom. The highest BCUT2D eigenvalue weighted by atomic mass is 35.5. The number of benzene rings is 1. The molecule has 0 saturated heterocycles. The average Bonchev–Trinajstić information content (AvgIpc) is 2.62. The Labute approximate surface area is 114 Å². The number of rotatable bonds is 3. The second kappa shape index (κ2) is 4.75. The molecule has 0 atom stereocenters. The second-order valence-electron chi connectivity index (χ2n) is 3.58. The molecule has 0 aliphatic carbocycles. The highest BCUT2D eigenvalue weighted by molar-refractivity contribution is 7.93. The SMILES string of the molecule is Cc1csc(NS(=O)(=O)c2ccc(Cl)cc2N)n1. The summed E-state index contributed by atoms with van der Waals surface area (Å²) in [5.41, 5.74) is 6.50. The first-order chi connectivity index (χ1) is 8.38. The monoisotopic (exact) mass is 303 g/mol. The number of hydrogen-bond acceptors (Lipinski definition) is 5. The number of halogens is 1. The molecule has 8 heteroatoms. The van der Waals surface area contributed by atoms with E-state index in [4.69, 9.17) is 17.3 Å². The van der Waals surface area contributed by atoms with E-state index in [0.29, 0.717) is 10.2 Å². The molecule has 0 fully saturated rings. The number of nitrogen functional groups attached to an aromatic ring is 1. The summed E-state index contributed by atoms with van der Waals surface area (Å²) in [6.07, 6.45) is 0. The predicted molar refractivity (Wildman–Crippen MR) is 73.5 cm³/mol. The Balaban J connectivity index is 2.36. The minimum Gasteiger partial charge on any atom is -0.398 e. The lowest BCUT2D eigenvalue weighted by atomic mass is 10.3. The second-order valence-corrected chi connectivity index (χ2v) is 6.53. The predicted octanol–water partition coefficient (Wildman–Crippen LogP) is 2.49. The van der Waals surface area contributed by atoms with Crippen LogP contribution >= 0.6 is 22.9 Å². The van der Waals surface area contributed by atoms with E-state index in [1.54, 1.807) is 12.3 Å². The fourth-order valence-corrected chi connectivity index (χ4v) is 3.57. The van der Waals surface area contributed by atoms with E-state index < -0.39 is 10.0 Å². The maximum absolute atomic E-state index is 12.1. The van der Waals surface area contributed by atoms with E-state index >= 15 is 0 Å². The van der Waals surface area contributed by atoms with Crippen LogP contribution in [0.5, 0.6) is 0 Å². The smallest absolute Gasteiger partial charge is 0.265 e.